The minimum atomic E-state index is -0.606. The van der Waals surface area contributed by atoms with Crippen LogP contribution in [0.3, 0.4) is 0 Å². The maximum absolute atomic E-state index is 12.0. The highest BCUT2D eigenvalue weighted by atomic mass is 35.5. The number of ether oxygens (including phenoxy) is 1. The lowest BCUT2D eigenvalue weighted by atomic mass is 10.2. The fourth-order valence-corrected chi connectivity index (χ4v) is 2.07. The van der Waals surface area contributed by atoms with Gasteiger partial charge in [0.15, 0.2) is 0 Å². The number of nitrogens with zero attached hydrogens (tertiary/aromatic N) is 4. The van der Waals surface area contributed by atoms with E-state index >= 15 is 0 Å². The van der Waals surface area contributed by atoms with E-state index in [1.165, 1.54) is 10.8 Å². The number of nitrogens with one attached hydrogen (secondary N) is 1. The van der Waals surface area contributed by atoms with Gasteiger partial charge >= 0.3 is 6.09 Å². The quantitative estimate of drug-likeness (QED) is 0.751. The van der Waals surface area contributed by atoms with Crippen LogP contribution in [0.4, 0.5) is 10.6 Å². The van der Waals surface area contributed by atoms with Gasteiger partial charge in [-0.05, 0) is 12.5 Å². The van der Waals surface area contributed by atoms with Gasteiger partial charge in [-0.15, -0.1) is 0 Å². The summed E-state index contributed by atoms with van der Waals surface area (Å²) in [6.07, 6.45) is 0.726. The second-order valence-electron chi connectivity index (χ2n) is 4.53. The number of aromatic nitrogens is 4. The Morgan fingerprint density at radius 2 is 2.14 bits per heavy atom. The Kier molecular flexibility index (Phi) is 3.88. The molecule has 7 nitrogen and oxygen atoms in total. The van der Waals surface area contributed by atoms with Crippen molar-refractivity contribution >= 4 is 29.3 Å². The van der Waals surface area contributed by atoms with Crippen LogP contribution in [-0.2, 0) is 11.3 Å². The lowest BCUT2D eigenvalue weighted by Gasteiger charge is -2.11. The van der Waals surface area contributed by atoms with Gasteiger partial charge in [0.1, 0.15) is 23.9 Å². The van der Waals surface area contributed by atoms with Crippen molar-refractivity contribution in [3.8, 4) is 0 Å². The van der Waals surface area contributed by atoms with Gasteiger partial charge in [-0.3, -0.25) is 5.32 Å². The molecule has 2 aromatic heterocycles. The number of amides is 1. The lowest BCUT2D eigenvalue weighted by molar-refractivity contribution is 0.155. The molecule has 3 aromatic rings. The number of carbonyl (C=O) groups is 1. The van der Waals surface area contributed by atoms with Gasteiger partial charge in [0, 0.05) is 5.56 Å². The molecule has 0 fully saturated rings. The average molecular weight is 318 g/mol. The summed E-state index contributed by atoms with van der Waals surface area (Å²) in [5.74, 6) is 0.680. The Balaban J connectivity index is 1.77. The molecule has 2 heterocycles. The van der Waals surface area contributed by atoms with Crippen molar-refractivity contribution in [3.05, 3.63) is 52.9 Å². The third-order valence-corrected chi connectivity index (χ3v) is 3.41. The highest BCUT2D eigenvalue weighted by molar-refractivity contribution is 6.30. The van der Waals surface area contributed by atoms with Crippen LogP contribution in [0.1, 0.15) is 11.1 Å². The average Bonchev–Trinajstić information content (AvgIpc) is 2.98. The van der Waals surface area contributed by atoms with Crippen LogP contribution in [0, 0.1) is 6.92 Å². The van der Waals surface area contributed by atoms with Crippen molar-refractivity contribution in [3.63, 3.8) is 0 Å². The van der Waals surface area contributed by atoms with Gasteiger partial charge in [-0.25, -0.2) is 4.79 Å². The second-order valence-corrected chi connectivity index (χ2v) is 4.89. The van der Waals surface area contributed by atoms with Gasteiger partial charge in [0.25, 0.3) is 5.78 Å². The summed E-state index contributed by atoms with van der Waals surface area (Å²) in [7, 11) is 0. The van der Waals surface area contributed by atoms with Crippen molar-refractivity contribution in [2.75, 3.05) is 5.32 Å². The summed E-state index contributed by atoms with van der Waals surface area (Å²) in [5, 5.41) is 6.88. The first kappa shape index (κ1) is 14.3. The van der Waals surface area contributed by atoms with E-state index in [4.69, 9.17) is 16.3 Å². The molecule has 112 valence electrons. The number of halogens is 1. The molecule has 8 heteroatoms. The first-order valence-electron chi connectivity index (χ1n) is 6.48. The number of hydrogen-bond acceptors (Lipinski definition) is 5. The van der Waals surface area contributed by atoms with Crippen molar-refractivity contribution < 1.29 is 9.53 Å². The van der Waals surface area contributed by atoms with Crippen LogP contribution < -0.4 is 5.32 Å². The number of benzene rings is 1. The molecule has 0 bridgehead atoms. The molecule has 0 aliphatic carbocycles. The molecular weight excluding hydrogens is 306 g/mol. The number of hydrogen-bond donors (Lipinski definition) is 1. The summed E-state index contributed by atoms with van der Waals surface area (Å²) in [6.45, 7) is 1.90. The SMILES string of the molecule is Cc1c(Cl)nc2ncnn2c1NC(=O)OCc1ccccc1. The molecular formula is C14H12ClN5O2. The smallest absolute Gasteiger partial charge is 0.413 e. The maximum atomic E-state index is 12.0. The van der Waals surface area contributed by atoms with Crippen LogP contribution in [0.5, 0.6) is 0 Å². The van der Waals surface area contributed by atoms with Crippen molar-refractivity contribution in [2.24, 2.45) is 0 Å². The topological polar surface area (TPSA) is 81.4 Å². The molecule has 3 rings (SSSR count). The molecule has 0 saturated carbocycles. The highest BCUT2D eigenvalue weighted by Crippen LogP contribution is 2.22. The summed E-state index contributed by atoms with van der Waals surface area (Å²) in [5.41, 5.74) is 1.48. The van der Waals surface area contributed by atoms with E-state index in [9.17, 15) is 4.79 Å². The molecule has 1 aromatic carbocycles. The Morgan fingerprint density at radius 3 is 2.91 bits per heavy atom. The summed E-state index contributed by atoms with van der Waals surface area (Å²) in [6, 6.07) is 9.40. The molecule has 1 amide bonds. The van der Waals surface area contributed by atoms with Crippen LogP contribution in [0.25, 0.3) is 5.78 Å². The van der Waals surface area contributed by atoms with E-state index < -0.39 is 6.09 Å². The standard InChI is InChI=1S/C14H12ClN5O2/c1-9-11(15)18-13-16-8-17-20(13)12(9)19-14(21)22-7-10-5-3-2-4-6-10/h2-6,8H,7H2,1H3,(H,19,21). The zero-order valence-electron chi connectivity index (χ0n) is 11.7. The van der Waals surface area contributed by atoms with E-state index in [0.717, 1.165) is 5.56 Å². The fraction of sp³-hybridized carbons (Fsp3) is 0.143. The molecule has 0 aliphatic heterocycles. The van der Waals surface area contributed by atoms with E-state index in [0.29, 0.717) is 17.2 Å². The Labute approximate surface area is 130 Å². The predicted octanol–water partition coefficient (Wildman–Crippen LogP) is 2.83. The van der Waals surface area contributed by atoms with Crippen molar-refractivity contribution in [2.45, 2.75) is 13.5 Å². The summed E-state index contributed by atoms with van der Waals surface area (Å²) >= 11 is 6.02. The lowest BCUT2D eigenvalue weighted by Crippen LogP contribution is -2.17. The zero-order chi connectivity index (χ0) is 15.5. The first-order valence-corrected chi connectivity index (χ1v) is 6.86. The number of rotatable bonds is 3. The van der Waals surface area contributed by atoms with Crippen LogP contribution in [0.15, 0.2) is 36.7 Å². The molecule has 0 spiro atoms. The van der Waals surface area contributed by atoms with E-state index in [2.05, 4.69) is 20.4 Å². The van der Waals surface area contributed by atoms with Crippen LogP contribution in [0.2, 0.25) is 5.15 Å². The Bertz CT molecular complexity index is 819. The van der Waals surface area contributed by atoms with E-state index in [-0.39, 0.29) is 11.8 Å². The van der Waals surface area contributed by atoms with Gasteiger partial charge in [-0.1, -0.05) is 41.9 Å². The largest absolute Gasteiger partial charge is 0.444 e. The Hall–Kier alpha value is -2.67. The van der Waals surface area contributed by atoms with Gasteiger partial charge in [0.05, 0.1) is 0 Å². The second kappa shape index (κ2) is 5.98. The third kappa shape index (κ3) is 2.84. The van der Waals surface area contributed by atoms with Gasteiger partial charge in [-0.2, -0.15) is 19.6 Å². The maximum Gasteiger partial charge on any atom is 0.413 e. The normalized spacial score (nSPS) is 10.6. The Morgan fingerprint density at radius 1 is 1.36 bits per heavy atom. The molecule has 0 unspecified atom stereocenters. The molecule has 0 radical (unpaired) electrons. The molecule has 0 saturated heterocycles. The van der Waals surface area contributed by atoms with Crippen LogP contribution >= 0.6 is 11.6 Å². The van der Waals surface area contributed by atoms with E-state index in [1.54, 1.807) is 6.92 Å². The number of anilines is 1. The summed E-state index contributed by atoms with van der Waals surface area (Å²) < 4.78 is 6.57. The molecule has 0 aliphatic rings. The molecule has 0 atom stereocenters. The predicted molar refractivity (Wildman–Crippen MR) is 80.8 cm³/mol. The molecule has 22 heavy (non-hydrogen) atoms. The minimum absolute atomic E-state index is 0.172. The number of fused-ring (bicyclic) bond motifs is 1. The fourth-order valence-electron chi connectivity index (χ4n) is 1.90. The van der Waals surface area contributed by atoms with Crippen molar-refractivity contribution in [1.29, 1.82) is 0 Å². The number of carbonyl (C=O) groups excluding carboxylic acids is 1. The third-order valence-electron chi connectivity index (χ3n) is 3.04. The monoisotopic (exact) mass is 317 g/mol. The van der Waals surface area contributed by atoms with Gasteiger partial charge < -0.3 is 4.74 Å². The first-order chi connectivity index (χ1) is 10.6. The van der Waals surface area contributed by atoms with Crippen molar-refractivity contribution in [1.82, 2.24) is 19.6 Å². The van der Waals surface area contributed by atoms with E-state index in [1.807, 2.05) is 30.3 Å². The highest BCUT2D eigenvalue weighted by Gasteiger charge is 2.15. The minimum Gasteiger partial charge on any atom is -0.444 e. The zero-order valence-corrected chi connectivity index (χ0v) is 12.4. The molecule has 1 N–H and O–H groups in total. The van der Waals surface area contributed by atoms with Crippen LogP contribution in [-0.4, -0.2) is 25.7 Å². The van der Waals surface area contributed by atoms with Gasteiger partial charge in [0.2, 0.25) is 0 Å². The summed E-state index contributed by atoms with van der Waals surface area (Å²) in [4.78, 5) is 20.0.